The predicted molar refractivity (Wildman–Crippen MR) is 119 cm³/mol. The maximum Gasteiger partial charge on any atom is 0.407 e. The van der Waals surface area contributed by atoms with Gasteiger partial charge in [-0.05, 0) is 28.7 Å². The first-order valence-electron chi connectivity index (χ1n) is 10.7. The van der Waals surface area contributed by atoms with Crippen LogP contribution in [-0.2, 0) is 19.1 Å². The third kappa shape index (κ3) is 4.69. The topological polar surface area (TPSA) is 105 Å². The van der Waals surface area contributed by atoms with Crippen LogP contribution in [0.2, 0.25) is 0 Å². The van der Waals surface area contributed by atoms with Gasteiger partial charge in [0.15, 0.2) is 6.10 Å². The molecule has 170 valence electrons. The first-order valence-corrected chi connectivity index (χ1v) is 10.7. The fourth-order valence-electron chi connectivity index (χ4n) is 4.44. The Morgan fingerprint density at radius 2 is 1.76 bits per heavy atom. The lowest BCUT2D eigenvalue weighted by molar-refractivity contribution is -0.149. The van der Waals surface area contributed by atoms with Crippen LogP contribution in [0.3, 0.4) is 0 Å². The second-order valence-corrected chi connectivity index (χ2v) is 7.95. The van der Waals surface area contributed by atoms with Gasteiger partial charge in [0.1, 0.15) is 13.2 Å². The molecular formula is C25H24N2O6. The highest BCUT2D eigenvalue weighted by atomic mass is 16.6. The normalized spacial score (nSPS) is 18.6. The van der Waals surface area contributed by atoms with Gasteiger partial charge in [-0.1, -0.05) is 54.5 Å². The number of carbonyl (C=O) groups excluding carboxylic acids is 2. The second kappa shape index (κ2) is 9.76. The molecular weight excluding hydrogens is 424 g/mol. The molecule has 2 atom stereocenters. The van der Waals surface area contributed by atoms with E-state index in [9.17, 15) is 14.4 Å². The molecule has 8 nitrogen and oxygen atoms in total. The van der Waals surface area contributed by atoms with E-state index in [2.05, 4.69) is 23.4 Å². The number of nitrogens with zero attached hydrogens (tertiary/aromatic N) is 1. The second-order valence-electron chi connectivity index (χ2n) is 7.95. The standard InChI is InChI=1S/C25H24N2O6/c1-2-12-27(14-22(28)29)24(30)23-21(11-13-32-23)26-25(31)33-15-20-18-9-5-3-7-16(18)17-8-4-6-10-19(17)20/h1,3-10,20-21,23H,11-15H2,(H,26,31)(H,28,29). The number of carboxylic acid groups (broad SMARTS) is 1. The van der Waals surface area contributed by atoms with Crippen LogP contribution in [0.1, 0.15) is 23.5 Å². The Morgan fingerprint density at radius 1 is 1.12 bits per heavy atom. The van der Waals surface area contributed by atoms with Gasteiger partial charge in [-0.15, -0.1) is 6.42 Å². The Hall–Kier alpha value is -3.83. The summed E-state index contributed by atoms with van der Waals surface area (Å²) in [6.07, 6.45) is 3.98. The van der Waals surface area contributed by atoms with Gasteiger partial charge >= 0.3 is 12.1 Å². The molecule has 2 aromatic carbocycles. The largest absolute Gasteiger partial charge is 0.480 e. The van der Waals surface area contributed by atoms with E-state index < -0.39 is 36.7 Å². The number of ether oxygens (including phenoxy) is 2. The Bertz CT molecular complexity index is 1060. The van der Waals surface area contributed by atoms with Crippen molar-refractivity contribution in [2.24, 2.45) is 0 Å². The fraction of sp³-hybridized carbons (Fsp3) is 0.320. The molecule has 4 rings (SSSR count). The summed E-state index contributed by atoms with van der Waals surface area (Å²) < 4.78 is 11.0. The molecule has 2 amide bonds. The minimum absolute atomic E-state index is 0.0814. The zero-order chi connectivity index (χ0) is 23.4. The number of hydrogen-bond acceptors (Lipinski definition) is 5. The minimum Gasteiger partial charge on any atom is -0.480 e. The van der Waals surface area contributed by atoms with Gasteiger partial charge in [0.05, 0.1) is 12.6 Å². The minimum atomic E-state index is -1.18. The summed E-state index contributed by atoms with van der Waals surface area (Å²) in [5.74, 6) is 0.439. The van der Waals surface area contributed by atoms with E-state index in [0.717, 1.165) is 27.2 Å². The van der Waals surface area contributed by atoms with E-state index >= 15 is 0 Å². The van der Waals surface area contributed by atoms with Crippen LogP contribution in [0.15, 0.2) is 48.5 Å². The molecule has 33 heavy (non-hydrogen) atoms. The number of nitrogens with one attached hydrogen (secondary N) is 1. The summed E-state index contributed by atoms with van der Waals surface area (Å²) in [7, 11) is 0. The molecule has 0 aromatic heterocycles. The molecule has 1 aliphatic carbocycles. The molecule has 0 saturated carbocycles. The summed E-state index contributed by atoms with van der Waals surface area (Å²) >= 11 is 0. The smallest absolute Gasteiger partial charge is 0.407 e. The van der Waals surface area contributed by atoms with Crippen molar-refractivity contribution in [3.63, 3.8) is 0 Å². The highest BCUT2D eigenvalue weighted by Crippen LogP contribution is 2.44. The Morgan fingerprint density at radius 3 is 2.36 bits per heavy atom. The van der Waals surface area contributed by atoms with Crippen molar-refractivity contribution in [1.29, 1.82) is 0 Å². The van der Waals surface area contributed by atoms with Crippen molar-refractivity contribution >= 4 is 18.0 Å². The Kier molecular flexibility index (Phi) is 6.61. The Labute approximate surface area is 191 Å². The lowest BCUT2D eigenvalue weighted by Crippen LogP contribution is -2.51. The summed E-state index contributed by atoms with van der Waals surface area (Å²) in [5.41, 5.74) is 4.46. The first kappa shape index (κ1) is 22.4. The van der Waals surface area contributed by atoms with Crippen molar-refractivity contribution in [3.05, 3.63) is 59.7 Å². The summed E-state index contributed by atoms with van der Waals surface area (Å²) in [6.45, 7) is -0.306. The van der Waals surface area contributed by atoms with Gasteiger partial charge in [-0.25, -0.2) is 4.79 Å². The van der Waals surface area contributed by atoms with E-state index in [-0.39, 0.29) is 25.7 Å². The number of carbonyl (C=O) groups is 3. The third-order valence-corrected chi connectivity index (χ3v) is 5.90. The lowest BCUT2D eigenvalue weighted by Gasteiger charge is -2.25. The highest BCUT2D eigenvalue weighted by Gasteiger charge is 2.38. The lowest BCUT2D eigenvalue weighted by atomic mass is 9.98. The summed E-state index contributed by atoms with van der Waals surface area (Å²) in [6, 6.07) is 15.4. The van der Waals surface area contributed by atoms with Crippen LogP contribution < -0.4 is 5.32 Å². The summed E-state index contributed by atoms with van der Waals surface area (Å²) in [4.78, 5) is 37.4. The molecule has 1 saturated heterocycles. The maximum absolute atomic E-state index is 12.8. The zero-order valence-electron chi connectivity index (χ0n) is 17.9. The van der Waals surface area contributed by atoms with Gasteiger partial charge < -0.3 is 24.8 Å². The number of hydrogen-bond donors (Lipinski definition) is 2. The monoisotopic (exact) mass is 448 g/mol. The molecule has 2 unspecified atom stereocenters. The van der Waals surface area contributed by atoms with Crippen molar-refractivity contribution in [1.82, 2.24) is 10.2 Å². The molecule has 1 aliphatic heterocycles. The molecule has 1 heterocycles. The Balaban J connectivity index is 1.39. The average Bonchev–Trinajstić information content (AvgIpc) is 3.39. The van der Waals surface area contributed by atoms with Crippen LogP contribution >= 0.6 is 0 Å². The molecule has 8 heteroatoms. The van der Waals surface area contributed by atoms with Gasteiger partial charge in [0.2, 0.25) is 0 Å². The van der Waals surface area contributed by atoms with Gasteiger partial charge in [0.25, 0.3) is 5.91 Å². The van der Waals surface area contributed by atoms with Crippen LogP contribution in [0, 0.1) is 12.3 Å². The number of alkyl carbamates (subject to hydrolysis) is 1. The van der Waals surface area contributed by atoms with Crippen LogP contribution in [0.25, 0.3) is 11.1 Å². The number of amides is 2. The molecule has 0 spiro atoms. The molecule has 1 fully saturated rings. The van der Waals surface area contributed by atoms with Crippen molar-refractivity contribution < 1.29 is 29.0 Å². The van der Waals surface area contributed by atoms with Gasteiger partial charge in [0, 0.05) is 12.5 Å². The SMILES string of the molecule is C#CCN(CC(=O)O)C(=O)C1OCCC1NC(=O)OCC1c2ccccc2-c2ccccc21. The zero-order valence-corrected chi connectivity index (χ0v) is 17.9. The number of aliphatic carboxylic acids is 1. The van der Waals surface area contributed by atoms with Gasteiger partial charge in [-0.2, -0.15) is 0 Å². The predicted octanol–water partition coefficient (Wildman–Crippen LogP) is 2.23. The first-order chi connectivity index (χ1) is 16.0. The molecule has 2 aromatic rings. The van der Waals surface area contributed by atoms with E-state index in [1.807, 2.05) is 36.4 Å². The van der Waals surface area contributed by atoms with Crippen molar-refractivity contribution in [2.45, 2.75) is 24.5 Å². The molecule has 0 radical (unpaired) electrons. The van der Waals surface area contributed by atoms with Crippen molar-refractivity contribution in [2.75, 3.05) is 26.3 Å². The van der Waals surface area contributed by atoms with E-state index in [1.165, 1.54) is 0 Å². The molecule has 0 bridgehead atoms. The average molecular weight is 448 g/mol. The molecule has 2 aliphatic rings. The van der Waals surface area contributed by atoms with Gasteiger partial charge in [-0.3, -0.25) is 9.59 Å². The van der Waals surface area contributed by atoms with E-state index in [4.69, 9.17) is 21.0 Å². The van der Waals surface area contributed by atoms with Crippen LogP contribution in [0.4, 0.5) is 4.79 Å². The number of rotatable bonds is 7. The molecule has 2 N–H and O–H groups in total. The van der Waals surface area contributed by atoms with E-state index in [0.29, 0.717) is 6.42 Å². The van der Waals surface area contributed by atoms with Crippen LogP contribution in [0.5, 0.6) is 0 Å². The number of carboxylic acids is 1. The highest BCUT2D eigenvalue weighted by molar-refractivity contribution is 5.86. The van der Waals surface area contributed by atoms with E-state index in [1.54, 1.807) is 0 Å². The number of benzene rings is 2. The fourth-order valence-corrected chi connectivity index (χ4v) is 4.44. The maximum atomic E-state index is 12.8. The number of terminal acetylenes is 1. The quantitative estimate of drug-likeness (QED) is 0.630. The van der Waals surface area contributed by atoms with Crippen LogP contribution in [-0.4, -0.2) is 66.4 Å². The third-order valence-electron chi connectivity index (χ3n) is 5.90. The summed E-state index contributed by atoms with van der Waals surface area (Å²) in [5, 5.41) is 11.7. The number of fused-ring (bicyclic) bond motifs is 3. The van der Waals surface area contributed by atoms with Crippen molar-refractivity contribution in [3.8, 4) is 23.5 Å².